The number of rotatable bonds is 6. The fourth-order valence-electron chi connectivity index (χ4n) is 1.36. The van der Waals surface area contributed by atoms with Crippen molar-refractivity contribution in [2.75, 3.05) is 11.9 Å². The monoisotopic (exact) mass is 300 g/mol. The van der Waals surface area contributed by atoms with Crippen molar-refractivity contribution in [2.45, 2.75) is 6.10 Å². The van der Waals surface area contributed by atoms with Gasteiger partial charge < -0.3 is 14.6 Å². The maximum atomic E-state index is 11.0. The molecule has 19 heavy (non-hydrogen) atoms. The SMILES string of the molecule is O=CC(CNc1ccon1)Oc1ccc(Cl)cc1Cl. The van der Waals surface area contributed by atoms with Crippen molar-refractivity contribution in [3.05, 3.63) is 40.6 Å². The Kier molecular flexibility index (Phi) is 4.65. The van der Waals surface area contributed by atoms with E-state index < -0.39 is 6.10 Å². The molecule has 1 unspecified atom stereocenters. The van der Waals surface area contributed by atoms with Crippen molar-refractivity contribution in [1.82, 2.24) is 5.16 Å². The topological polar surface area (TPSA) is 64.4 Å². The number of halogens is 2. The highest BCUT2D eigenvalue weighted by Crippen LogP contribution is 2.28. The van der Waals surface area contributed by atoms with E-state index in [1.165, 1.54) is 6.26 Å². The summed E-state index contributed by atoms with van der Waals surface area (Å²) in [5, 5.41) is 7.40. The molecule has 1 N–H and O–H groups in total. The molecule has 0 bridgehead atoms. The number of carbonyl (C=O) groups is 1. The number of aldehydes is 1. The molecule has 0 saturated heterocycles. The van der Waals surface area contributed by atoms with E-state index in [4.69, 9.17) is 27.9 Å². The minimum Gasteiger partial charge on any atom is -0.480 e. The van der Waals surface area contributed by atoms with Crippen LogP contribution in [0, 0.1) is 0 Å². The molecular formula is C12H10Cl2N2O3. The van der Waals surface area contributed by atoms with Gasteiger partial charge >= 0.3 is 0 Å². The van der Waals surface area contributed by atoms with Gasteiger partial charge in [0.25, 0.3) is 0 Å². The lowest BCUT2D eigenvalue weighted by atomic mass is 10.3. The molecule has 0 spiro atoms. The zero-order valence-corrected chi connectivity index (χ0v) is 11.2. The lowest BCUT2D eigenvalue weighted by Crippen LogP contribution is -2.27. The molecule has 1 heterocycles. The lowest BCUT2D eigenvalue weighted by molar-refractivity contribution is -0.113. The summed E-state index contributed by atoms with van der Waals surface area (Å²) in [5.41, 5.74) is 0. The van der Waals surface area contributed by atoms with Crippen LogP contribution < -0.4 is 10.1 Å². The molecule has 100 valence electrons. The minimum atomic E-state index is -0.699. The van der Waals surface area contributed by atoms with Gasteiger partial charge in [-0.15, -0.1) is 0 Å². The Morgan fingerprint density at radius 2 is 2.26 bits per heavy atom. The minimum absolute atomic E-state index is 0.245. The highest BCUT2D eigenvalue weighted by Gasteiger charge is 2.12. The third-order valence-corrected chi connectivity index (χ3v) is 2.78. The first-order valence-electron chi connectivity index (χ1n) is 5.40. The lowest BCUT2D eigenvalue weighted by Gasteiger charge is -2.15. The van der Waals surface area contributed by atoms with Gasteiger partial charge in [-0.3, -0.25) is 4.79 Å². The average molecular weight is 301 g/mol. The molecule has 1 atom stereocenters. The van der Waals surface area contributed by atoms with Gasteiger partial charge in [-0.2, -0.15) is 0 Å². The number of anilines is 1. The van der Waals surface area contributed by atoms with Crippen LogP contribution in [0.25, 0.3) is 0 Å². The molecular weight excluding hydrogens is 291 g/mol. The summed E-state index contributed by atoms with van der Waals surface area (Å²) in [6.45, 7) is 0.245. The Bertz CT molecular complexity index is 546. The summed E-state index contributed by atoms with van der Waals surface area (Å²) in [6.07, 6.45) is 1.41. The molecule has 7 heteroatoms. The molecule has 2 rings (SSSR count). The van der Waals surface area contributed by atoms with Gasteiger partial charge in [-0.1, -0.05) is 28.4 Å². The summed E-state index contributed by atoms with van der Waals surface area (Å²) >= 11 is 11.7. The Balaban J connectivity index is 1.96. The van der Waals surface area contributed by atoms with E-state index in [9.17, 15) is 4.79 Å². The zero-order valence-electron chi connectivity index (χ0n) is 9.68. The first-order chi connectivity index (χ1) is 9.19. The molecule has 0 saturated carbocycles. The van der Waals surface area contributed by atoms with Crippen LogP contribution in [0.15, 0.2) is 35.1 Å². The second-order valence-electron chi connectivity index (χ2n) is 3.63. The molecule has 5 nitrogen and oxygen atoms in total. The molecule has 1 aromatic carbocycles. The quantitative estimate of drug-likeness (QED) is 0.831. The van der Waals surface area contributed by atoms with Crippen molar-refractivity contribution in [2.24, 2.45) is 0 Å². The molecule has 1 aromatic heterocycles. The van der Waals surface area contributed by atoms with Crippen molar-refractivity contribution in [1.29, 1.82) is 0 Å². The summed E-state index contributed by atoms with van der Waals surface area (Å²) in [4.78, 5) is 11.0. The van der Waals surface area contributed by atoms with E-state index >= 15 is 0 Å². The Morgan fingerprint density at radius 1 is 1.42 bits per heavy atom. The molecule has 0 amide bonds. The molecule has 2 aromatic rings. The van der Waals surface area contributed by atoms with E-state index in [2.05, 4.69) is 15.0 Å². The Hall–Kier alpha value is -1.72. The van der Waals surface area contributed by atoms with Gasteiger partial charge in [0.2, 0.25) is 0 Å². The molecule has 0 aliphatic heterocycles. The molecule has 0 aliphatic rings. The standard InChI is InChI=1S/C12H10Cl2N2O3/c13-8-1-2-11(10(14)5-8)19-9(7-17)6-15-12-3-4-18-16-12/h1-5,7,9H,6H2,(H,15,16). The van der Waals surface area contributed by atoms with Crippen molar-refractivity contribution in [3.63, 3.8) is 0 Å². The number of carbonyl (C=O) groups excluding carboxylic acids is 1. The van der Waals surface area contributed by atoms with E-state index in [-0.39, 0.29) is 6.54 Å². The second kappa shape index (κ2) is 6.45. The molecule has 0 aliphatic carbocycles. The van der Waals surface area contributed by atoms with Crippen LogP contribution in [0.2, 0.25) is 10.0 Å². The van der Waals surface area contributed by atoms with Gasteiger partial charge in [0, 0.05) is 11.1 Å². The summed E-state index contributed by atoms with van der Waals surface area (Å²) in [5.74, 6) is 0.919. The largest absolute Gasteiger partial charge is 0.480 e. The number of benzene rings is 1. The number of hydrogen-bond donors (Lipinski definition) is 1. The van der Waals surface area contributed by atoms with Gasteiger partial charge in [0.05, 0.1) is 11.6 Å². The van der Waals surface area contributed by atoms with Crippen LogP contribution in [-0.4, -0.2) is 24.1 Å². The summed E-state index contributed by atoms with van der Waals surface area (Å²) < 4.78 is 10.1. The van der Waals surface area contributed by atoms with Crippen molar-refractivity contribution in [3.8, 4) is 5.75 Å². The van der Waals surface area contributed by atoms with Crippen LogP contribution in [0.5, 0.6) is 5.75 Å². The highest BCUT2D eigenvalue weighted by molar-refractivity contribution is 6.35. The van der Waals surface area contributed by atoms with Gasteiger partial charge in [-0.25, -0.2) is 0 Å². The second-order valence-corrected chi connectivity index (χ2v) is 4.48. The maximum absolute atomic E-state index is 11.0. The average Bonchev–Trinajstić information content (AvgIpc) is 2.90. The Labute approximate surface area is 119 Å². The van der Waals surface area contributed by atoms with Crippen LogP contribution in [0.1, 0.15) is 0 Å². The molecule has 0 radical (unpaired) electrons. The van der Waals surface area contributed by atoms with Crippen LogP contribution >= 0.6 is 23.2 Å². The smallest absolute Gasteiger partial charge is 0.171 e. The first kappa shape index (κ1) is 13.7. The molecule has 0 fully saturated rings. The van der Waals surface area contributed by atoms with E-state index in [1.807, 2.05) is 0 Å². The van der Waals surface area contributed by atoms with Crippen LogP contribution in [0.4, 0.5) is 5.82 Å². The van der Waals surface area contributed by atoms with Crippen LogP contribution in [-0.2, 0) is 4.79 Å². The predicted molar refractivity (Wildman–Crippen MR) is 71.9 cm³/mol. The highest BCUT2D eigenvalue weighted by atomic mass is 35.5. The number of aromatic nitrogens is 1. The predicted octanol–water partition coefficient (Wildman–Crippen LogP) is 3.04. The fraction of sp³-hybridized carbons (Fsp3) is 0.167. The van der Waals surface area contributed by atoms with Crippen LogP contribution in [0.3, 0.4) is 0 Å². The number of nitrogens with zero attached hydrogens (tertiary/aromatic N) is 1. The zero-order chi connectivity index (χ0) is 13.7. The number of hydrogen-bond acceptors (Lipinski definition) is 5. The fourth-order valence-corrected chi connectivity index (χ4v) is 1.81. The maximum Gasteiger partial charge on any atom is 0.171 e. The third-order valence-electron chi connectivity index (χ3n) is 2.25. The number of ether oxygens (including phenoxy) is 1. The van der Waals surface area contributed by atoms with E-state index in [0.717, 1.165) is 0 Å². The summed E-state index contributed by atoms with van der Waals surface area (Å²) in [6, 6.07) is 6.43. The number of nitrogens with one attached hydrogen (secondary N) is 1. The van der Waals surface area contributed by atoms with E-state index in [0.29, 0.717) is 27.9 Å². The Morgan fingerprint density at radius 3 is 2.89 bits per heavy atom. The first-order valence-corrected chi connectivity index (χ1v) is 6.16. The van der Waals surface area contributed by atoms with E-state index in [1.54, 1.807) is 24.3 Å². The van der Waals surface area contributed by atoms with Gasteiger partial charge in [0.1, 0.15) is 12.0 Å². The van der Waals surface area contributed by atoms with Gasteiger partial charge in [0.15, 0.2) is 18.2 Å². The summed E-state index contributed by atoms with van der Waals surface area (Å²) in [7, 11) is 0. The normalized spacial score (nSPS) is 11.9. The van der Waals surface area contributed by atoms with Crippen molar-refractivity contribution >= 4 is 35.3 Å². The van der Waals surface area contributed by atoms with Gasteiger partial charge in [-0.05, 0) is 18.2 Å². The van der Waals surface area contributed by atoms with Crippen molar-refractivity contribution < 1.29 is 14.1 Å². The third kappa shape index (κ3) is 3.87.